The van der Waals surface area contributed by atoms with Gasteiger partial charge in [0.1, 0.15) is 0 Å². The number of hydrogen-bond donors (Lipinski definition) is 0. The molecule has 0 bridgehead atoms. The summed E-state index contributed by atoms with van der Waals surface area (Å²) in [6.45, 7) is 0. The lowest BCUT2D eigenvalue weighted by Gasteiger charge is -1.96. The number of aryl methyl sites for hydroxylation is 1. The van der Waals surface area contributed by atoms with Crippen LogP contribution < -0.4 is 0 Å². The van der Waals surface area contributed by atoms with Crippen molar-refractivity contribution in [1.29, 1.82) is 0 Å². The van der Waals surface area contributed by atoms with Gasteiger partial charge in [0.2, 0.25) is 4.96 Å². The van der Waals surface area contributed by atoms with E-state index in [0.717, 1.165) is 25.7 Å². The van der Waals surface area contributed by atoms with E-state index >= 15 is 0 Å². The number of aromatic nitrogens is 6. The van der Waals surface area contributed by atoms with Gasteiger partial charge in [-0.05, 0) is 23.9 Å². The normalized spacial score (nSPS) is 11.3. The lowest BCUT2D eigenvalue weighted by atomic mass is 10.2. The second-order valence-corrected chi connectivity index (χ2v) is 6.56. The number of rotatable bonds is 3. The van der Waals surface area contributed by atoms with Crippen molar-refractivity contribution in [3.05, 3.63) is 43.1 Å². The summed E-state index contributed by atoms with van der Waals surface area (Å²) in [4.78, 5) is 13.9. The highest BCUT2D eigenvalue weighted by Crippen LogP contribution is 2.31. The van der Waals surface area contributed by atoms with Crippen molar-refractivity contribution in [3.63, 3.8) is 0 Å². The zero-order chi connectivity index (χ0) is 14.2. The predicted molar refractivity (Wildman–Crippen MR) is 81.4 cm³/mol. The van der Waals surface area contributed by atoms with Gasteiger partial charge in [0, 0.05) is 37.4 Å². The minimum absolute atomic E-state index is 0.866. The molecule has 0 radical (unpaired) electrons. The third-order valence-corrected chi connectivity index (χ3v) is 4.99. The molecule has 0 aliphatic rings. The summed E-state index contributed by atoms with van der Waals surface area (Å²) < 4.78 is 4.69. The largest absolute Gasteiger partial charge is 0.329 e. The number of fused-ring (bicyclic) bond motifs is 1. The van der Waals surface area contributed by atoms with E-state index in [1.807, 2.05) is 36.1 Å². The van der Waals surface area contributed by atoms with Gasteiger partial charge in [-0.3, -0.25) is 4.98 Å². The smallest absolute Gasteiger partial charge is 0.213 e. The molecule has 0 aromatic carbocycles. The van der Waals surface area contributed by atoms with E-state index in [0.29, 0.717) is 0 Å². The summed E-state index contributed by atoms with van der Waals surface area (Å²) in [7, 11) is 1.97. The molecule has 0 N–H and O–H groups in total. The van der Waals surface area contributed by atoms with Gasteiger partial charge in [-0.25, -0.2) is 14.5 Å². The van der Waals surface area contributed by atoms with Gasteiger partial charge in [0.15, 0.2) is 9.50 Å². The van der Waals surface area contributed by atoms with Crippen LogP contribution in [0.1, 0.15) is 0 Å². The van der Waals surface area contributed by atoms with Gasteiger partial charge in [-0.15, -0.1) is 5.10 Å². The molecule has 0 aliphatic heterocycles. The molecule has 0 fully saturated rings. The van der Waals surface area contributed by atoms with Crippen molar-refractivity contribution in [1.82, 2.24) is 29.1 Å². The second-order valence-electron chi connectivity index (χ2n) is 4.39. The third-order valence-electron chi connectivity index (χ3n) is 2.94. The maximum Gasteiger partial charge on any atom is 0.213 e. The fourth-order valence-electron chi connectivity index (χ4n) is 1.90. The Balaban J connectivity index is 1.66. The third kappa shape index (κ3) is 2.32. The Morgan fingerprint density at radius 3 is 2.95 bits per heavy atom. The van der Waals surface area contributed by atoms with Gasteiger partial charge in [-0.1, -0.05) is 11.3 Å². The van der Waals surface area contributed by atoms with Crippen LogP contribution in [0.25, 0.3) is 16.2 Å². The van der Waals surface area contributed by atoms with Crippen LogP contribution in [0.3, 0.4) is 0 Å². The Bertz CT molecular complexity index is 860. The van der Waals surface area contributed by atoms with Crippen LogP contribution in [0, 0.1) is 0 Å². The second kappa shape index (κ2) is 4.97. The Labute approximate surface area is 128 Å². The van der Waals surface area contributed by atoms with Crippen molar-refractivity contribution in [3.8, 4) is 11.3 Å². The van der Waals surface area contributed by atoms with Crippen LogP contribution in [0.2, 0.25) is 0 Å². The highest BCUT2D eigenvalue weighted by atomic mass is 32.2. The molecule has 0 saturated carbocycles. The van der Waals surface area contributed by atoms with Gasteiger partial charge >= 0.3 is 0 Å². The van der Waals surface area contributed by atoms with Crippen LogP contribution in [0.5, 0.6) is 0 Å². The Hall–Kier alpha value is -2.19. The van der Waals surface area contributed by atoms with E-state index in [1.54, 1.807) is 34.4 Å². The van der Waals surface area contributed by atoms with Crippen LogP contribution in [0.15, 0.2) is 52.6 Å². The molecule has 104 valence electrons. The summed E-state index contributed by atoms with van der Waals surface area (Å²) in [6, 6.07) is 3.89. The molecule has 6 nitrogen and oxygen atoms in total. The van der Waals surface area contributed by atoms with Crippen LogP contribution >= 0.6 is 23.1 Å². The van der Waals surface area contributed by atoms with Crippen LogP contribution in [0.4, 0.5) is 0 Å². The topological polar surface area (TPSA) is 60.9 Å². The van der Waals surface area contributed by atoms with Gasteiger partial charge < -0.3 is 4.57 Å². The van der Waals surface area contributed by atoms with E-state index in [2.05, 4.69) is 20.1 Å². The van der Waals surface area contributed by atoms with E-state index < -0.39 is 0 Å². The molecule has 21 heavy (non-hydrogen) atoms. The lowest BCUT2D eigenvalue weighted by Crippen LogP contribution is -1.88. The molecule has 4 heterocycles. The quantitative estimate of drug-likeness (QED) is 0.582. The molecule has 4 aromatic rings. The lowest BCUT2D eigenvalue weighted by molar-refractivity contribution is 0.788. The zero-order valence-corrected chi connectivity index (χ0v) is 12.7. The molecule has 4 aromatic heterocycles. The molecule has 8 heteroatoms. The first-order valence-electron chi connectivity index (χ1n) is 6.21. The summed E-state index contributed by atoms with van der Waals surface area (Å²) in [6.07, 6.45) is 9.17. The Morgan fingerprint density at radius 1 is 1.29 bits per heavy atom. The average molecular weight is 314 g/mol. The van der Waals surface area contributed by atoms with Crippen molar-refractivity contribution in [2.75, 3.05) is 0 Å². The molecule has 0 aliphatic carbocycles. The minimum Gasteiger partial charge on any atom is -0.329 e. The van der Waals surface area contributed by atoms with Crippen molar-refractivity contribution < 1.29 is 0 Å². The molecule has 0 atom stereocenters. The predicted octanol–water partition coefficient (Wildman–Crippen LogP) is 2.74. The van der Waals surface area contributed by atoms with Crippen molar-refractivity contribution in [2.45, 2.75) is 9.50 Å². The Morgan fingerprint density at radius 2 is 2.24 bits per heavy atom. The first kappa shape index (κ1) is 12.5. The molecule has 0 unspecified atom stereocenters. The SMILES string of the molecule is Cn1ccnc1Sc1nn2cc(-c3cccnc3)nc2s1. The molecule has 0 saturated heterocycles. The van der Waals surface area contributed by atoms with E-state index in [1.165, 1.54) is 11.8 Å². The van der Waals surface area contributed by atoms with Gasteiger partial charge in [0.05, 0.1) is 11.9 Å². The highest BCUT2D eigenvalue weighted by Gasteiger charge is 2.12. The fraction of sp³-hybridized carbons (Fsp3) is 0.0769. The van der Waals surface area contributed by atoms with Gasteiger partial charge in [-0.2, -0.15) is 0 Å². The molecular formula is C13H10N6S2. The summed E-state index contributed by atoms with van der Waals surface area (Å²) in [5, 5.41) is 5.45. The minimum atomic E-state index is 0.866. The molecule has 0 spiro atoms. The monoisotopic (exact) mass is 314 g/mol. The number of hydrogen-bond acceptors (Lipinski definition) is 6. The maximum absolute atomic E-state index is 4.59. The number of nitrogens with zero attached hydrogens (tertiary/aromatic N) is 6. The van der Waals surface area contributed by atoms with Crippen LogP contribution in [-0.4, -0.2) is 29.1 Å². The molecule has 4 rings (SSSR count). The number of imidazole rings is 2. The van der Waals surface area contributed by atoms with Crippen molar-refractivity contribution >= 4 is 28.1 Å². The van der Waals surface area contributed by atoms with E-state index in [4.69, 9.17) is 0 Å². The Kier molecular flexibility index (Phi) is 2.97. The summed E-state index contributed by atoms with van der Waals surface area (Å²) in [5.74, 6) is 0. The summed E-state index contributed by atoms with van der Waals surface area (Å²) >= 11 is 3.09. The van der Waals surface area contributed by atoms with E-state index in [9.17, 15) is 0 Å². The van der Waals surface area contributed by atoms with Crippen molar-refractivity contribution in [2.24, 2.45) is 7.05 Å². The van der Waals surface area contributed by atoms with Crippen LogP contribution in [-0.2, 0) is 7.05 Å². The molecule has 0 amide bonds. The average Bonchev–Trinajstić information content (AvgIpc) is 3.16. The number of pyridine rings is 1. The highest BCUT2D eigenvalue weighted by molar-refractivity contribution is 8.01. The maximum atomic E-state index is 4.59. The summed E-state index contributed by atoms with van der Waals surface area (Å²) in [5.41, 5.74) is 1.88. The first-order chi connectivity index (χ1) is 10.3. The zero-order valence-electron chi connectivity index (χ0n) is 11.0. The first-order valence-corrected chi connectivity index (χ1v) is 7.85. The van der Waals surface area contributed by atoms with E-state index in [-0.39, 0.29) is 0 Å². The molecular weight excluding hydrogens is 304 g/mol. The standard InChI is InChI=1S/C13H10N6S2/c1-18-6-5-15-11(18)20-13-17-19-8-10(16-12(19)21-13)9-3-2-4-14-7-9/h2-8H,1H3. The van der Waals surface area contributed by atoms with Gasteiger partial charge in [0.25, 0.3) is 0 Å². The fourth-order valence-corrected chi connectivity index (χ4v) is 3.74.